The predicted octanol–water partition coefficient (Wildman–Crippen LogP) is 3.13. The van der Waals surface area contributed by atoms with E-state index in [1.54, 1.807) is 6.07 Å². The van der Waals surface area contributed by atoms with Crippen LogP contribution in [0.2, 0.25) is 0 Å². The van der Waals surface area contributed by atoms with Crippen molar-refractivity contribution in [2.45, 2.75) is 50.2 Å². The third-order valence-corrected chi connectivity index (χ3v) is 5.13. The maximum absolute atomic E-state index is 12.6. The summed E-state index contributed by atoms with van der Waals surface area (Å²) in [5.74, 6) is 0.213. The maximum atomic E-state index is 12.6. The molecule has 1 fully saturated rings. The third kappa shape index (κ3) is 4.72. The number of benzene rings is 1. The Bertz CT molecular complexity index is 789. The van der Waals surface area contributed by atoms with Crippen LogP contribution < -0.4 is 10.6 Å². The van der Waals surface area contributed by atoms with E-state index < -0.39 is 0 Å². The van der Waals surface area contributed by atoms with E-state index in [0.29, 0.717) is 22.4 Å². The zero-order chi connectivity index (χ0) is 17.8. The predicted molar refractivity (Wildman–Crippen MR) is 101 cm³/mol. The second-order valence-corrected chi connectivity index (χ2v) is 7.43. The van der Waals surface area contributed by atoms with Crippen LogP contribution in [0.4, 0.5) is 0 Å². The van der Waals surface area contributed by atoms with E-state index in [1.165, 1.54) is 11.8 Å². The van der Waals surface area contributed by atoms with Crippen LogP contribution in [-0.2, 0) is 4.79 Å². The number of carbonyl (C=O) groups is 2. The summed E-state index contributed by atoms with van der Waals surface area (Å²) >= 11 is 1.36. The average molecular weight is 357 g/mol. The lowest BCUT2D eigenvalue weighted by Crippen LogP contribution is -2.33. The zero-order valence-electron chi connectivity index (χ0n) is 14.5. The van der Waals surface area contributed by atoms with Gasteiger partial charge in [-0.1, -0.05) is 36.9 Å². The highest BCUT2D eigenvalue weighted by Gasteiger charge is 2.25. The van der Waals surface area contributed by atoms with Crippen LogP contribution in [0.5, 0.6) is 0 Å². The average Bonchev–Trinajstić information content (AvgIpc) is 3.43. The normalized spacial score (nSPS) is 15.0. The zero-order valence-corrected chi connectivity index (χ0v) is 15.4. The summed E-state index contributed by atoms with van der Waals surface area (Å²) in [5.41, 5.74) is 1.40. The molecule has 1 saturated carbocycles. The molecule has 1 aliphatic carbocycles. The first-order valence-corrected chi connectivity index (χ1v) is 9.68. The Morgan fingerprint density at radius 3 is 2.80 bits per heavy atom. The lowest BCUT2D eigenvalue weighted by Gasteiger charge is -2.12. The van der Waals surface area contributed by atoms with E-state index in [1.807, 2.05) is 38.1 Å². The smallest absolute Gasteiger partial charge is 0.252 e. The summed E-state index contributed by atoms with van der Waals surface area (Å²) in [7, 11) is 0. The van der Waals surface area contributed by atoms with Crippen molar-refractivity contribution in [2.24, 2.45) is 0 Å². The van der Waals surface area contributed by atoms with Gasteiger partial charge in [-0.25, -0.2) is 4.98 Å². The Morgan fingerprint density at radius 1 is 1.32 bits per heavy atom. The first-order valence-electron chi connectivity index (χ1n) is 8.69. The van der Waals surface area contributed by atoms with Crippen molar-refractivity contribution >= 4 is 34.5 Å². The van der Waals surface area contributed by atoms with Crippen LogP contribution in [0.3, 0.4) is 0 Å². The second kappa shape index (κ2) is 7.87. The molecule has 1 aromatic heterocycles. The van der Waals surface area contributed by atoms with Gasteiger partial charge in [-0.2, -0.15) is 0 Å². The molecule has 2 aromatic rings. The molecule has 2 amide bonds. The summed E-state index contributed by atoms with van der Waals surface area (Å²) in [6.07, 6.45) is 2.99. The van der Waals surface area contributed by atoms with Crippen LogP contribution in [0.1, 0.15) is 43.5 Å². The van der Waals surface area contributed by atoms with Crippen LogP contribution in [-0.4, -0.2) is 34.6 Å². The van der Waals surface area contributed by atoms with Gasteiger partial charge in [-0.15, -0.1) is 0 Å². The van der Waals surface area contributed by atoms with Gasteiger partial charge in [-0.05, 0) is 38.3 Å². The standard InChI is InChI=1S/C19H23N3O2S/c1-3-12(2)20-17(23)11-25-18-10-15(19(24)21-13-8-9-13)14-6-4-5-7-16(14)22-18/h4-7,10,12-13H,3,8-9,11H2,1-2H3,(H,20,23)(H,21,24)/t12-/m1/s1. The van der Waals surface area contributed by atoms with E-state index in [0.717, 1.165) is 30.2 Å². The SMILES string of the molecule is CC[C@@H](C)NC(=O)CSc1cc(C(=O)NC2CC2)c2ccccc2n1. The van der Waals surface area contributed by atoms with Gasteiger partial charge in [0.2, 0.25) is 5.91 Å². The molecule has 6 heteroatoms. The first-order chi connectivity index (χ1) is 12.1. The van der Waals surface area contributed by atoms with Gasteiger partial charge in [0.1, 0.15) is 0 Å². The van der Waals surface area contributed by atoms with Gasteiger partial charge in [-0.3, -0.25) is 9.59 Å². The van der Waals surface area contributed by atoms with E-state index in [2.05, 4.69) is 15.6 Å². The number of carbonyl (C=O) groups excluding carboxylic acids is 2. The molecule has 5 nitrogen and oxygen atoms in total. The molecule has 25 heavy (non-hydrogen) atoms. The van der Waals surface area contributed by atoms with E-state index in [-0.39, 0.29) is 17.9 Å². The minimum atomic E-state index is -0.0630. The van der Waals surface area contributed by atoms with Crippen molar-refractivity contribution in [1.82, 2.24) is 15.6 Å². The van der Waals surface area contributed by atoms with Crippen molar-refractivity contribution in [2.75, 3.05) is 5.75 Å². The van der Waals surface area contributed by atoms with Gasteiger partial charge >= 0.3 is 0 Å². The molecule has 0 unspecified atom stereocenters. The van der Waals surface area contributed by atoms with Gasteiger partial charge in [0.15, 0.2) is 0 Å². The lowest BCUT2D eigenvalue weighted by molar-refractivity contribution is -0.119. The number of rotatable bonds is 7. The summed E-state index contributed by atoms with van der Waals surface area (Å²) in [4.78, 5) is 29.1. The Balaban J connectivity index is 1.78. The number of nitrogens with zero attached hydrogens (tertiary/aromatic N) is 1. The highest BCUT2D eigenvalue weighted by molar-refractivity contribution is 7.99. The Morgan fingerprint density at radius 2 is 2.08 bits per heavy atom. The maximum Gasteiger partial charge on any atom is 0.252 e. The molecule has 0 aliphatic heterocycles. The number of pyridine rings is 1. The van der Waals surface area contributed by atoms with Crippen molar-refractivity contribution in [3.05, 3.63) is 35.9 Å². The number of amides is 2. The number of para-hydroxylation sites is 1. The molecule has 0 bridgehead atoms. The molecule has 0 radical (unpaired) electrons. The summed E-state index contributed by atoms with van der Waals surface area (Å²) < 4.78 is 0. The van der Waals surface area contributed by atoms with Crippen LogP contribution in [0.25, 0.3) is 10.9 Å². The third-order valence-electron chi connectivity index (χ3n) is 4.22. The molecule has 1 aliphatic rings. The molecule has 132 valence electrons. The van der Waals surface area contributed by atoms with Crippen molar-refractivity contribution in [1.29, 1.82) is 0 Å². The Hall–Kier alpha value is -2.08. The van der Waals surface area contributed by atoms with Crippen molar-refractivity contribution in [3.63, 3.8) is 0 Å². The molecule has 3 rings (SSSR count). The molecule has 1 aromatic carbocycles. The van der Waals surface area contributed by atoms with Gasteiger partial charge in [0, 0.05) is 17.5 Å². The monoisotopic (exact) mass is 357 g/mol. The largest absolute Gasteiger partial charge is 0.353 e. The molecular weight excluding hydrogens is 334 g/mol. The Kier molecular flexibility index (Phi) is 5.58. The van der Waals surface area contributed by atoms with Crippen molar-refractivity contribution < 1.29 is 9.59 Å². The number of aromatic nitrogens is 1. The van der Waals surface area contributed by atoms with Crippen molar-refractivity contribution in [3.8, 4) is 0 Å². The van der Waals surface area contributed by atoms with Gasteiger partial charge in [0.25, 0.3) is 5.91 Å². The van der Waals surface area contributed by atoms with E-state index in [9.17, 15) is 9.59 Å². The lowest BCUT2D eigenvalue weighted by atomic mass is 10.1. The van der Waals surface area contributed by atoms with Crippen LogP contribution >= 0.6 is 11.8 Å². The number of thioether (sulfide) groups is 1. The summed E-state index contributed by atoms with van der Waals surface area (Å²) in [5, 5.41) is 7.51. The minimum Gasteiger partial charge on any atom is -0.353 e. The van der Waals surface area contributed by atoms with Crippen LogP contribution in [0.15, 0.2) is 35.4 Å². The highest BCUT2D eigenvalue weighted by atomic mass is 32.2. The number of hydrogen-bond donors (Lipinski definition) is 2. The fourth-order valence-electron chi connectivity index (χ4n) is 2.46. The molecule has 0 spiro atoms. The van der Waals surface area contributed by atoms with Crippen LogP contribution in [0, 0.1) is 0 Å². The minimum absolute atomic E-state index is 0.0155. The fourth-order valence-corrected chi connectivity index (χ4v) is 3.19. The summed E-state index contributed by atoms with van der Waals surface area (Å²) in [6.45, 7) is 4.02. The molecule has 1 heterocycles. The number of nitrogens with one attached hydrogen (secondary N) is 2. The quantitative estimate of drug-likeness (QED) is 0.747. The molecular formula is C19H23N3O2S. The highest BCUT2D eigenvalue weighted by Crippen LogP contribution is 2.26. The Labute approximate surface area is 152 Å². The topological polar surface area (TPSA) is 71.1 Å². The first kappa shape index (κ1) is 17.7. The molecule has 2 N–H and O–H groups in total. The number of fused-ring (bicyclic) bond motifs is 1. The van der Waals surface area contributed by atoms with E-state index in [4.69, 9.17) is 0 Å². The van der Waals surface area contributed by atoms with Gasteiger partial charge < -0.3 is 10.6 Å². The second-order valence-electron chi connectivity index (χ2n) is 6.44. The number of hydrogen-bond acceptors (Lipinski definition) is 4. The summed E-state index contributed by atoms with van der Waals surface area (Å²) in [6, 6.07) is 9.88. The van der Waals surface area contributed by atoms with E-state index >= 15 is 0 Å². The molecule has 0 saturated heterocycles. The van der Waals surface area contributed by atoms with Gasteiger partial charge in [0.05, 0.1) is 21.9 Å². The molecule has 1 atom stereocenters. The fraction of sp³-hybridized carbons (Fsp3) is 0.421.